The van der Waals surface area contributed by atoms with Gasteiger partial charge in [-0.3, -0.25) is 9.59 Å². The fourth-order valence-corrected chi connectivity index (χ4v) is 4.56. The van der Waals surface area contributed by atoms with E-state index in [2.05, 4.69) is 20.3 Å². The number of fused-ring (bicyclic) bond motifs is 1. The standard InChI is InChI=1S/C23H22N4O2S2.H2S/c1-30-10-9-18(27-23(29)16-7-8-17-19(11-16)25-14-24-17)21(28)12-22-26-20(13-31-22)15-5-3-2-4-6-15;/h2-8,11,13-14,18H,9-10,12H2,1H3,(H,24,25)(H,27,29);1H2/t18-;/m0./s1. The van der Waals surface area contributed by atoms with Crippen LogP contribution in [0.15, 0.2) is 60.2 Å². The van der Waals surface area contributed by atoms with E-state index in [-0.39, 0.29) is 31.6 Å². The zero-order valence-electron chi connectivity index (χ0n) is 17.5. The lowest BCUT2D eigenvalue weighted by Crippen LogP contribution is -2.42. The second-order valence-corrected chi connectivity index (χ2v) is 9.01. The van der Waals surface area contributed by atoms with Crippen LogP contribution in [0.5, 0.6) is 0 Å². The highest BCUT2D eigenvalue weighted by molar-refractivity contribution is 7.98. The van der Waals surface area contributed by atoms with E-state index in [4.69, 9.17) is 0 Å². The van der Waals surface area contributed by atoms with Gasteiger partial charge in [0.15, 0.2) is 5.78 Å². The summed E-state index contributed by atoms with van der Waals surface area (Å²) in [5.41, 5.74) is 3.98. The van der Waals surface area contributed by atoms with Crippen LogP contribution in [0, 0.1) is 0 Å². The third kappa shape index (κ3) is 5.79. The van der Waals surface area contributed by atoms with Crippen molar-refractivity contribution in [2.75, 3.05) is 12.0 Å². The Kier molecular flexibility index (Phi) is 8.49. The average Bonchev–Trinajstić information content (AvgIpc) is 3.46. The molecule has 1 atom stereocenters. The summed E-state index contributed by atoms with van der Waals surface area (Å²) < 4.78 is 0. The number of nitrogens with zero attached hydrogens (tertiary/aromatic N) is 2. The number of nitrogens with one attached hydrogen (secondary N) is 2. The minimum atomic E-state index is -0.554. The molecule has 0 spiro atoms. The van der Waals surface area contributed by atoms with Gasteiger partial charge in [-0.15, -0.1) is 11.3 Å². The maximum atomic E-state index is 13.0. The number of carbonyl (C=O) groups excluding carboxylic acids is 2. The topological polar surface area (TPSA) is 87.7 Å². The maximum absolute atomic E-state index is 13.0. The number of aromatic nitrogens is 3. The van der Waals surface area contributed by atoms with E-state index in [0.29, 0.717) is 12.0 Å². The minimum absolute atomic E-state index is 0. The van der Waals surface area contributed by atoms with Crippen molar-refractivity contribution in [3.05, 3.63) is 70.8 Å². The molecule has 4 aromatic rings. The van der Waals surface area contributed by atoms with E-state index in [9.17, 15) is 9.59 Å². The Morgan fingerprint density at radius 1 is 1.19 bits per heavy atom. The van der Waals surface area contributed by atoms with Crippen molar-refractivity contribution < 1.29 is 9.59 Å². The third-order valence-corrected chi connectivity index (χ3v) is 6.43. The van der Waals surface area contributed by atoms with Crippen LogP contribution in [0.2, 0.25) is 0 Å². The summed E-state index contributed by atoms with van der Waals surface area (Å²) in [6.07, 6.45) is 4.36. The van der Waals surface area contributed by atoms with Gasteiger partial charge in [0.25, 0.3) is 5.91 Å². The molecule has 2 aromatic heterocycles. The number of benzene rings is 2. The largest absolute Gasteiger partial charge is 0.345 e. The van der Waals surface area contributed by atoms with Crippen molar-refractivity contribution >= 4 is 59.3 Å². The van der Waals surface area contributed by atoms with E-state index in [1.54, 1.807) is 36.3 Å². The Hall–Kier alpha value is -2.62. The highest BCUT2D eigenvalue weighted by Gasteiger charge is 2.22. The van der Waals surface area contributed by atoms with E-state index < -0.39 is 6.04 Å². The lowest BCUT2D eigenvalue weighted by atomic mass is 10.1. The number of aromatic amines is 1. The maximum Gasteiger partial charge on any atom is 0.251 e. The Balaban J connectivity index is 0.00000289. The Morgan fingerprint density at radius 3 is 2.78 bits per heavy atom. The lowest BCUT2D eigenvalue weighted by molar-refractivity contribution is -0.120. The number of Topliss-reactive ketones (excluding diaryl/α,β-unsaturated/α-hetero) is 1. The summed E-state index contributed by atoms with van der Waals surface area (Å²) in [6.45, 7) is 0. The molecule has 0 aliphatic carbocycles. The SMILES string of the molecule is CSCC[C@H](NC(=O)c1ccc2nc[nH]c2c1)C(=O)Cc1nc(-c2ccccc2)cs1.S. The van der Waals surface area contributed by atoms with Gasteiger partial charge in [0.2, 0.25) is 0 Å². The average molecular weight is 485 g/mol. The van der Waals surface area contributed by atoms with E-state index in [1.165, 1.54) is 11.3 Å². The van der Waals surface area contributed by atoms with Crippen LogP contribution < -0.4 is 5.32 Å². The van der Waals surface area contributed by atoms with Crippen LogP contribution in [0.1, 0.15) is 21.8 Å². The van der Waals surface area contributed by atoms with E-state index in [0.717, 1.165) is 33.1 Å². The molecule has 32 heavy (non-hydrogen) atoms. The van der Waals surface area contributed by atoms with Crippen molar-refractivity contribution in [3.8, 4) is 11.3 Å². The van der Waals surface area contributed by atoms with Crippen LogP contribution in [0.4, 0.5) is 0 Å². The van der Waals surface area contributed by atoms with Gasteiger partial charge >= 0.3 is 0 Å². The van der Waals surface area contributed by atoms with Crippen molar-refractivity contribution in [1.82, 2.24) is 20.3 Å². The molecular formula is C23H24N4O2S3. The molecule has 0 aliphatic rings. The van der Waals surface area contributed by atoms with Crippen molar-refractivity contribution in [2.24, 2.45) is 0 Å². The molecular weight excluding hydrogens is 460 g/mol. The second kappa shape index (κ2) is 11.3. The molecule has 1 amide bonds. The predicted octanol–water partition coefficient (Wildman–Crippen LogP) is 4.46. The molecule has 2 aromatic carbocycles. The minimum Gasteiger partial charge on any atom is -0.345 e. The highest BCUT2D eigenvalue weighted by atomic mass is 32.2. The molecule has 166 valence electrons. The molecule has 0 saturated heterocycles. The number of hydrogen-bond acceptors (Lipinski definition) is 6. The van der Waals surface area contributed by atoms with Gasteiger partial charge in [0.05, 0.1) is 35.5 Å². The number of hydrogen-bond donors (Lipinski definition) is 2. The molecule has 0 bridgehead atoms. The second-order valence-electron chi connectivity index (χ2n) is 7.08. The summed E-state index contributed by atoms with van der Waals surface area (Å²) in [6, 6.07) is 14.6. The number of H-pyrrole nitrogens is 1. The fourth-order valence-electron chi connectivity index (χ4n) is 3.27. The highest BCUT2D eigenvalue weighted by Crippen LogP contribution is 2.22. The predicted molar refractivity (Wildman–Crippen MR) is 137 cm³/mol. The Labute approximate surface area is 201 Å². The van der Waals surface area contributed by atoms with Gasteiger partial charge in [-0.05, 0) is 36.6 Å². The molecule has 0 aliphatic heterocycles. The first-order chi connectivity index (χ1) is 15.1. The monoisotopic (exact) mass is 484 g/mol. The number of ketones is 1. The molecule has 6 nitrogen and oxygen atoms in total. The van der Waals surface area contributed by atoms with Crippen LogP contribution >= 0.6 is 36.6 Å². The quantitative estimate of drug-likeness (QED) is 0.366. The van der Waals surface area contributed by atoms with Gasteiger partial charge in [-0.1, -0.05) is 30.3 Å². The first-order valence-electron chi connectivity index (χ1n) is 9.89. The van der Waals surface area contributed by atoms with Gasteiger partial charge < -0.3 is 10.3 Å². The molecule has 0 unspecified atom stereocenters. The summed E-state index contributed by atoms with van der Waals surface area (Å²) in [4.78, 5) is 37.6. The number of carbonyl (C=O) groups is 2. The van der Waals surface area contributed by atoms with E-state index >= 15 is 0 Å². The van der Waals surface area contributed by atoms with Gasteiger partial charge in [0.1, 0.15) is 5.01 Å². The van der Waals surface area contributed by atoms with Gasteiger partial charge in [-0.25, -0.2) is 9.97 Å². The summed E-state index contributed by atoms with van der Waals surface area (Å²) in [7, 11) is 0. The zero-order chi connectivity index (χ0) is 21.6. The molecule has 2 heterocycles. The van der Waals surface area contributed by atoms with Gasteiger partial charge in [-0.2, -0.15) is 25.3 Å². The summed E-state index contributed by atoms with van der Waals surface area (Å²) >= 11 is 3.12. The fraction of sp³-hybridized carbons (Fsp3) is 0.217. The Bertz CT molecular complexity index is 1190. The smallest absolute Gasteiger partial charge is 0.251 e. The molecule has 0 saturated carbocycles. The molecule has 4 rings (SSSR count). The lowest BCUT2D eigenvalue weighted by Gasteiger charge is -2.17. The van der Waals surface area contributed by atoms with Crippen molar-refractivity contribution in [2.45, 2.75) is 18.9 Å². The van der Waals surface area contributed by atoms with Gasteiger partial charge in [0, 0.05) is 16.5 Å². The number of thiazole rings is 1. The van der Waals surface area contributed by atoms with Crippen LogP contribution in [-0.4, -0.2) is 44.7 Å². The number of thioether (sulfide) groups is 1. The number of rotatable bonds is 9. The zero-order valence-corrected chi connectivity index (χ0v) is 20.1. The molecule has 0 fully saturated rings. The Morgan fingerprint density at radius 2 is 2.00 bits per heavy atom. The first-order valence-corrected chi connectivity index (χ1v) is 12.2. The molecule has 9 heteroatoms. The van der Waals surface area contributed by atoms with Crippen LogP contribution in [0.25, 0.3) is 22.3 Å². The summed E-state index contributed by atoms with van der Waals surface area (Å²) in [5.74, 6) is 0.489. The normalized spacial score (nSPS) is 11.7. The molecule has 0 radical (unpaired) electrons. The third-order valence-electron chi connectivity index (χ3n) is 4.93. The van der Waals surface area contributed by atoms with Crippen LogP contribution in [-0.2, 0) is 11.2 Å². The van der Waals surface area contributed by atoms with Crippen LogP contribution in [0.3, 0.4) is 0 Å². The number of amides is 1. The molecule has 2 N–H and O–H groups in total. The van der Waals surface area contributed by atoms with Crippen molar-refractivity contribution in [1.29, 1.82) is 0 Å². The number of imidazole rings is 1. The van der Waals surface area contributed by atoms with E-state index in [1.807, 2.05) is 42.0 Å². The summed E-state index contributed by atoms with van der Waals surface area (Å²) in [5, 5.41) is 5.65. The van der Waals surface area contributed by atoms with Crippen molar-refractivity contribution in [3.63, 3.8) is 0 Å². The first kappa shape index (κ1) is 24.0.